The highest BCUT2D eigenvalue weighted by molar-refractivity contribution is 9.10. The first-order valence-electron chi connectivity index (χ1n) is 15.5. The highest BCUT2D eigenvalue weighted by Crippen LogP contribution is 2.38. The number of rotatable bonds is 9. The molecule has 2 fully saturated rings. The van der Waals surface area contributed by atoms with E-state index in [1.54, 1.807) is 25.7 Å². The van der Waals surface area contributed by atoms with E-state index in [1.165, 1.54) is 43.6 Å². The number of likely N-dealkylation sites (tertiary alicyclic amines) is 1. The van der Waals surface area contributed by atoms with Crippen LogP contribution in [0.4, 0.5) is 28.8 Å². The Morgan fingerprint density at radius 1 is 0.978 bits per heavy atom. The summed E-state index contributed by atoms with van der Waals surface area (Å²) in [5.41, 5.74) is 6.03. The highest BCUT2D eigenvalue weighted by atomic mass is 79.9. The Morgan fingerprint density at radius 2 is 1.76 bits per heavy atom. The van der Waals surface area contributed by atoms with Crippen molar-refractivity contribution in [2.24, 2.45) is 0 Å². The van der Waals surface area contributed by atoms with E-state index in [1.807, 2.05) is 6.07 Å². The number of fused-ring (bicyclic) bond motifs is 1. The Balaban J connectivity index is 1.18. The molecule has 2 N–H and O–H groups in total. The average molecular weight is 693 g/mol. The second-order valence-corrected chi connectivity index (χ2v) is 15.5. The van der Waals surface area contributed by atoms with Crippen LogP contribution in [-0.2, 0) is 0 Å². The van der Waals surface area contributed by atoms with Crippen molar-refractivity contribution in [2.75, 3.05) is 76.2 Å². The third-order valence-electron chi connectivity index (χ3n) is 9.07. The summed E-state index contributed by atoms with van der Waals surface area (Å²) < 4.78 is 6.65. The van der Waals surface area contributed by atoms with Crippen molar-refractivity contribution in [1.29, 1.82) is 0 Å². The van der Waals surface area contributed by atoms with Crippen LogP contribution < -0.4 is 25.6 Å². The fraction of sp³-hybridized carbons (Fsp3) is 0.455. The molecule has 4 heterocycles. The monoisotopic (exact) mass is 691 g/mol. The van der Waals surface area contributed by atoms with Crippen LogP contribution >= 0.6 is 23.9 Å². The summed E-state index contributed by atoms with van der Waals surface area (Å²) in [6.45, 7) is 11.1. The van der Waals surface area contributed by atoms with Crippen molar-refractivity contribution in [1.82, 2.24) is 29.7 Å². The smallest absolute Gasteiger partial charge is 0.229 e. The molecule has 0 aliphatic carbocycles. The largest absolute Gasteiger partial charge is 0.494 e. The van der Waals surface area contributed by atoms with Gasteiger partial charge in [0, 0.05) is 79.6 Å². The van der Waals surface area contributed by atoms with Gasteiger partial charge in [-0.05, 0) is 93.3 Å². The maximum Gasteiger partial charge on any atom is 0.229 e. The lowest BCUT2D eigenvalue weighted by molar-refractivity contribution is 0.189. The fourth-order valence-corrected chi connectivity index (χ4v) is 8.11. The Bertz CT molecular complexity index is 1660. The van der Waals surface area contributed by atoms with Gasteiger partial charge in [-0.15, -0.1) is 0 Å². The van der Waals surface area contributed by atoms with Gasteiger partial charge in [0.2, 0.25) is 5.95 Å². The molecule has 2 aromatic heterocycles. The number of halogens is 1. The fourth-order valence-electron chi connectivity index (χ4n) is 6.62. The van der Waals surface area contributed by atoms with Gasteiger partial charge in [0.25, 0.3) is 0 Å². The number of nitrogens with one attached hydrogen (secondary N) is 2. The number of aryl methyl sites for hydroxylation is 1. The first-order valence-corrected chi connectivity index (χ1v) is 18.6. The summed E-state index contributed by atoms with van der Waals surface area (Å²) in [7, 11) is 5.66. The van der Waals surface area contributed by atoms with E-state index < -0.39 is 7.92 Å². The maximum atomic E-state index is 5.88. The summed E-state index contributed by atoms with van der Waals surface area (Å²) in [5, 5.41) is 8.11. The maximum absolute atomic E-state index is 5.88. The van der Waals surface area contributed by atoms with Crippen LogP contribution in [0.5, 0.6) is 5.75 Å². The number of piperidine rings is 1. The average Bonchev–Trinajstić information content (AvgIpc) is 3.54. The van der Waals surface area contributed by atoms with Crippen LogP contribution in [0.15, 0.2) is 47.3 Å². The number of anilines is 5. The molecular weight excluding hydrogens is 649 g/mol. The molecule has 12 heteroatoms. The first kappa shape index (κ1) is 31.9. The molecule has 238 valence electrons. The predicted molar refractivity (Wildman–Crippen MR) is 191 cm³/mol. The number of hydrogen-bond acceptors (Lipinski definition) is 10. The standard InChI is InChI=1S/C33H43BrN9OP/c1-21-17-27(29(44-4)18-28(21)42-14-9-22(10-15-42)43-16-11-23(20-43)41(2)3)39-33-37-19-24(34)32(40-33)38-26-8-7-25-30(31(26)45(5)6)36-13-12-35-25/h7-8,12-13,17-19,22-23H,9-11,14-16,20H2,1-6H3,(H2,37,38,39,40)/t23-/m0/s1. The van der Waals surface area contributed by atoms with Crippen LogP contribution in [0.3, 0.4) is 0 Å². The SMILES string of the molecule is COc1cc(N2CCC(N3CC[C@H](N(C)C)C3)CC2)c(C)cc1Nc1ncc(Br)c(Nc2ccc3nccnc3c2P(C)C)n1. The summed E-state index contributed by atoms with van der Waals surface area (Å²) >= 11 is 3.64. The lowest BCUT2D eigenvalue weighted by Crippen LogP contribution is -2.45. The topological polar surface area (TPSA) is 94.6 Å². The first-order chi connectivity index (χ1) is 21.7. The molecule has 45 heavy (non-hydrogen) atoms. The van der Waals surface area contributed by atoms with E-state index in [0.717, 1.165) is 51.0 Å². The molecule has 6 rings (SSSR count). The molecule has 4 aromatic rings. The molecule has 0 amide bonds. The zero-order chi connectivity index (χ0) is 31.7. The number of aromatic nitrogens is 4. The minimum atomic E-state index is -0.462. The summed E-state index contributed by atoms with van der Waals surface area (Å²) in [4.78, 5) is 26.1. The van der Waals surface area contributed by atoms with Crippen LogP contribution in [0.1, 0.15) is 24.8 Å². The Kier molecular flexibility index (Phi) is 9.71. The van der Waals surface area contributed by atoms with Gasteiger partial charge in [-0.1, -0.05) is 7.92 Å². The number of methoxy groups -OCH3 is 1. The quantitative estimate of drug-likeness (QED) is 0.205. The summed E-state index contributed by atoms with van der Waals surface area (Å²) in [5.74, 6) is 1.91. The predicted octanol–water partition coefficient (Wildman–Crippen LogP) is 5.96. The van der Waals surface area contributed by atoms with E-state index in [-0.39, 0.29) is 0 Å². The van der Waals surface area contributed by atoms with Gasteiger partial charge >= 0.3 is 0 Å². The van der Waals surface area contributed by atoms with E-state index in [2.05, 4.69) is 109 Å². The van der Waals surface area contributed by atoms with E-state index in [9.17, 15) is 0 Å². The number of nitrogens with zero attached hydrogens (tertiary/aromatic N) is 7. The van der Waals surface area contributed by atoms with E-state index >= 15 is 0 Å². The van der Waals surface area contributed by atoms with Crippen LogP contribution in [0.2, 0.25) is 0 Å². The molecule has 1 atom stereocenters. The molecule has 2 saturated heterocycles. The van der Waals surface area contributed by atoms with Gasteiger partial charge in [-0.3, -0.25) is 14.9 Å². The van der Waals surface area contributed by atoms with Crippen LogP contribution in [0.25, 0.3) is 11.0 Å². The van der Waals surface area contributed by atoms with Gasteiger partial charge in [0.15, 0.2) is 0 Å². The van der Waals surface area contributed by atoms with Gasteiger partial charge in [-0.2, -0.15) is 4.98 Å². The van der Waals surface area contributed by atoms with Gasteiger partial charge < -0.3 is 25.2 Å². The lowest BCUT2D eigenvalue weighted by Gasteiger charge is -2.38. The minimum absolute atomic E-state index is 0.462. The molecule has 2 aliphatic rings. The second-order valence-electron chi connectivity index (χ2n) is 12.4. The molecule has 0 bridgehead atoms. The Labute approximate surface area is 275 Å². The summed E-state index contributed by atoms with van der Waals surface area (Å²) in [6, 6.07) is 9.69. The molecule has 2 aliphatic heterocycles. The molecule has 0 unspecified atom stereocenters. The van der Waals surface area contributed by atoms with Crippen LogP contribution in [-0.4, -0.2) is 103 Å². The zero-order valence-corrected chi connectivity index (χ0v) is 29.5. The highest BCUT2D eigenvalue weighted by Gasteiger charge is 2.32. The minimum Gasteiger partial charge on any atom is -0.494 e. The lowest BCUT2D eigenvalue weighted by atomic mass is 10.0. The molecule has 0 spiro atoms. The third kappa shape index (κ3) is 6.87. The number of likely N-dealkylation sites (N-methyl/N-ethyl adjacent to an activating group) is 1. The van der Waals surface area contributed by atoms with Crippen molar-refractivity contribution in [3.63, 3.8) is 0 Å². The van der Waals surface area contributed by atoms with E-state index in [0.29, 0.717) is 23.8 Å². The van der Waals surface area contributed by atoms with Crippen molar-refractivity contribution in [3.05, 3.63) is 52.9 Å². The second kappa shape index (κ2) is 13.7. The molecule has 0 saturated carbocycles. The number of hydrogen-bond donors (Lipinski definition) is 2. The van der Waals surface area contributed by atoms with Crippen molar-refractivity contribution < 1.29 is 4.74 Å². The van der Waals surface area contributed by atoms with E-state index in [4.69, 9.17) is 9.72 Å². The third-order valence-corrected chi connectivity index (χ3v) is 11.0. The van der Waals surface area contributed by atoms with Crippen molar-refractivity contribution >= 4 is 69.0 Å². The zero-order valence-electron chi connectivity index (χ0n) is 27.0. The summed E-state index contributed by atoms with van der Waals surface area (Å²) in [6.07, 6.45) is 8.89. The molecular formula is C33H43BrN9OP. The van der Waals surface area contributed by atoms with Gasteiger partial charge in [-0.25, -0.2) is 4.98 Å². The van der Waals surface area contributed by atoms with Gasteiger partial charge in [0.1, 0.15) is 11.6 Å². The Hall–Kier alpha value is -3.11. The molecule has 2 aromatic carbocycles. The molecule has 0 radical (unpaired) electrons. The number of benzene rings is 2. The van der Waals surface area contributed by atoms with Gasteiger partial charge in [0.05, 0.1) is 28.3 Å². The number of ether oxygens (including phenoxy) is 1. The molecule has 10 nitrogen and oxygen atoms in total. The Morgan fingerprint density at radius 3 is 2.47 bits per heavy atom. The van der Waals surface area contributed by atoms with Crippen molar-refractivity contribution in [3.8, 4) is 5.75 Å². The van der Waals surface area contributed by atoms with Crippen LogP contribution in [0, 0.1) is 6.92 Å². The van der Waals surface area contributed by atoms with Crippen molar-refractivity contribution in [2.45, 2.75) is 38.3 Å². The normalized spacial score (nSPS) is 17.9.